The summed E-state index contributed by atoms with van der Waals surface area (Å²) in [5, 5.41) is 4.78. The van der Waals surface area contributed by atoms with E-state index in [4.69, 9.17) is 28.2 Å². The summed E-state index contributed by atoms with van der Waals surface area (Å²) in [4.78, 5) is 5.25. The van der Waals surface area contributed by atoms with Crippen LogP contribution in [0.1, 0.15) is 5.56 Å². The maximum atomic E-state index is 13.9. The molecule has 0 fully saturated rings. The molecule has 24 heavy (non-hydrogen) atoms. The van der Waals surface area contributed by atoms with Crippen LogP contribution in [0.3, 0.4) is 0 Å². The van der Waals surface area contributed by atoms with Gasteiger partial charge in [0.25, 0.3) is 4.84 Å². The molecule has 2 heterocycles. The third-order valence-electron chi connectivity index (χ3n) is 3.47. The first-order chi connectivity index (χ1) is 11.5. The van der Waals surface area contributed by atoms with Crippen LogP contribution in [0.15, 0.2) is 47.1 Å². The molecular weight excluding hydrogens is 351 g/mol. The summed E-state index contributed by atoms with van der Waals surface area (Å²) in [6.07, 6.45) is 3.33. The van der Waals surface area contributed by atoms with Crippen LogP contribution in [0.2, 0.25) is 5.02 Å². The molecule has 0 aliphatic carbocycles. The highest BCUT2D eigenvalue weighted by Gasteiger charge is 2.15. The highest BCUT2D eigenvalue weighted by Crippen LogP contribution is 2.18. The molecular formula is C16H15ClFN4OS+. The molecule has 0 saturated heterocycles. The minimum Gasteiger partial charge on any atom is -0.409 e. The van der Waals surface area contributed by atoms with Crippen LogP contribution < -0.4 is 4.90 Å². The van der Waals surface area contributed by atoms with E-state index in [1.807, 2.05) is 13.1 Å². The molecule has 0 aliphatic rings. The van der Waals surface area contributed by atoms with Crippen molar-refractivity contribution in [3.63, 3.8) is 0 Å². The molecule has 124 valence electrons. The van der Waals surface area contributed by atoms with E-state index in [-0.39, 0.29) is 10.7 Å². The fourth-order valence-electron chi connectivity index (χ4n) is 2.33. The molecule has 0 bridgehead atoms. The molecule has 1 atom stereocenters. The molecule has 0 spiro atoms. The van der Waals surface area contributed by atoms with Crippen LogP contribution in [0.4, 0.5) is 4.39 Å². The number of halogens is 2. The topological polar surface area (TPSA) is 48.3 Å². The lowest BCUT2D eigenvalue weighted by atomic mass is 10.2. The largest absolute Gasteiger partial charge is 0.409 e. The predicted molar refractivity (Wildman–Crippen MR) is 90.6 cm³/mol. The van der Waals surface area contributed by atoms with Gasteiger partial charge in [0, 0.05) is 12.4 Å². The number of aromatic nitrogens is 3. The van der Waals surface area contributed by atoms with Gasteiger partial charge >= 0.3 is 0 Å². The van der Waals surface area contributed by atoms with Crippen LogP contribution in [-0.4, -0.2) is 21.8 Å². The zero-order valence-corrected chi connectivity index (χ0v) is 14.4. The van der Waals surface area contributed by atoms with Crippen molar-refractivity contribution in [2.24, 2.45) is 0 Å². The maximum Gasteiger partial charge on any atom is 0.292 e. The van der Waals surface area contributed by atoms with Crippen molar-refractivity contribution in [3.05, 3.63) is 64.0 Å². The monoisotopic (exact) mass is 365 g/mol. The quantitative estimate of drug-likeness (QED) is 0.706. The number of nitrogens with one attached hydrogen (secondary N) is 1. The molecule has 0 aliphatic heterocycles. The second kappa shape index (κ2) is 7.21. The second-order valence-electron chi connectivity index (χ2n) is 5.41. The van der Waals surface area contributed by atoms with Crippen LogP contribution in [0, 0.1) is 10.7 Å². The Hall–Kier alpha value is -2.09. The van der Waals surface area contributed by atoms with Crippen molar-refractivity contribution in [2.45, 2.75) is 13.2 Å². The molecule has 0 amide bonds. The summed E-state index contributed by atoms with van der Waals surface area (Å²) in [5.41, 5.74) is 1.22. The van der Waals surface area contributed by atoms with E-state index in [0.29, 0.717) is 29.7 Å². The number of nitrogens with zero attached hydrogens (tertiary/aromatic N) is 3. The molecule has 5 nitrogen and oxygen atoms in total. The zero-order valence-electron chi connectivity index (χ0n) is 12.9. The smallest absolute Gasteiger partial charge is 0.292 e. The Bertz CT molecular complexity index is 876. The lowest BCUT2D eigenvalue weighted by molar-refractivity contribution is -0.917. The van der Waals surface area contributed by atoms with Crippen molar-refractivity contribution in [3.8, 4) is 11.5 Å². The van der Waals surface area contributed by atoms with Crippen molar-refractivity contribution >= 4 is 23.8 Å². The van der Waals surface area contributed by atoms with E-state index < -0.39 is 0 Å². The fraction of sp³-hybridized carbons (Fsp3) is 0.188. The van der Waals surface area contributed by atoms with Crippen LogP contribution >= 0.6 is 23.8 Å². The first kappa shape index (κ1) is 16.8. The van der Waals surface area contributed by atoms with Crippen LogP contribution in [0.5, 0.6) is 0 Å². The average molecular weight is 366 g/mol. The number of rotatable bonds is 5. The Morgan fingerprint density at radius 1 is 1.33 bits per heavy atom. The standard InChI is InChI=1S/C16H14ClFN4OS/c1-21(9-12-13(17)5-2-6-14(12)18)10-22-16(24)23-15(20-22)11-4-3-7-19-8-11/h2-8H,9-10H2,1H3/p+1. The number of quaternary nitrogens is 1. The molecule has 3 aromatic rings. The minimum atomic E-state index is -0.318. The number of pyridine rings is 1. The van der Waals surface area contributed by atoms with Gasteiger partial charge in [0.05, 0.1) is 23.2 Å². The van der Waals surface area contributed by atoms with E-state index in [1.54, 1.807) is 35.3 Å². The summed E-state index contributed by atoms with van der Waals surface area (Å²) in [7, 11) is 1.91. The Labute approximate surface area is 148 Å². The molecule has 0 saturated carbocycles. The van der Waals surface area contributed by atoms with Crippen molar-refractivity contribution in [2.75, 3.05) is 7.05 Å². The van der Waals surface area contributed by atoms with Gasteiger partial charge in [0.2, 0.25) is 5.89 Å². The molecule has 3 rings (SSSR count). The number of hydrogen-bond acceptors (Lipinski definition) is 4. The lowest BCUT2D eigenvalue weighted by Crippen LogP contribution is -3.07. The van der Waals surface area contributed by atoms with Gasteiger partial charge in [-0.1, -0.05) is 17.7 Å². The molecule has 1 N–H and O–H groups in total. The summed E-state index contributed by atoms with van der Waals surface area (Å²) in [6.45, 7) is 0.829. The highest BCUT2D eigenvalue weighted by atomic mass is 35.5. The van der Waals surface area contributed by atoms with Gasteiger partial charge in [0.15, 0.2) is 6.67 Å². The highest BCUT2D eigenvalue weighted by molar-refractivity contribution is 7.71. The van der Waals surface area contributed by atoms with E-state index in [9.17, 15) is 4.39 Å². The first-order valence-electron chi connectivity index (χ1n) is 7.27. The average Bonchev–Trinajstić information content (AvgIpc) is 2.93. The van der Waals surface area contributed by atoms with Gasteiger partial charge in [-0.3, -0.25) is 4.98 Å². The lowest BCUT2D eigenvalue weighted by Gasteiger charge is -2.14. The van der Waals surface area contributed by atoms with Crippen molar-refractivity contribution in [1.82, 2.24) is 14.8 Å². The summed E-state index contributed by atoms with van der Waals surface area (Å²) >= 11 is 11.3. The van der Waals surface area contributed by atoms with E-state index >= 15 is 0 Å². The third kappa shape index (κ3) is 3.69. The van der Waals surface area contributed by atoms with Gasteiger partial charge in [-0.2, -0.15) is 4.68 Å². The van der Waals surface area contributed by atoms with Gasteiger partial charge in [-0.05, 0) is 36.5 Å². The van der Waals surface area contributed by atoms with Gasteiger partial charge in [0.1, 0.15) is 12.4 Å². The summed E-state index contributed by atoms with van der Waals surface area (Å²) < 4.78 is 21.0. The Kier molecular flexibility index (Phi) is 5.03. The molecule has 2 aromatic heterocycles. The number of benzene rings is 1. The SMILES string of the molecule is C[NH+](Cc1c(F)cccc1Cl)Cn1nc(-c2cccnc2)oc1=S. The Balaban J connectivity index is 1.77. The second-order valence-corrected chi connectivity index (χ2v) is 6.16. The van der Waals surface area contributed by atoms with Gasteiger partial charge < -0.3 is 9.32 Å². The van der Waals surface area contributed by atoms with E-state index in [0.717, 1.165) is 10.5 Å². The van der Waals surface area contributed by atoms with Crippen molar-refractivity contribution in [1.29, 1.82) is 0 Å². The Morgan fingerprint density at radius 3 is 2.88 bits per heavy atom. The van der Waals surface area contributed by atoms with Crippen LogP contribution in [-0.2, 0) is 13.2 Å². The predicted octanol–water partition coefficient (Wildman–Crippen LogP) is 2.73. The molecule has 8 heteroatoms. The molecule has 1 aromatic carbocycles. The maximum absolute atomic E-state index is 13.9. The fourth-order valence-corrected chi connectivity index (χ4v) is 2.74. The molecule has 0 radical (unpaired) electrons. The zero-order chi connectivity index (χ0) is 17.1. The summed E-state index contributed by atoms with van der Waals surface area (Å²) in [6, 6.07) is 8.30. The van der Waals surface area contributed by atoms with Gasteiger partial charge in [-0.15, -0.1) is 5.10 Å². The first-order valence-corrected chi connectivity index (χ1v) is 8.06. The van der Waals surface area contributed by atoms with Gasteiger partial charge in [-0.25, -0.2) is 4.39 Å². The third-order valence-corrected chi connectivity index (χ3v) is 4.12. The molecule has 1 unspecified atom stereocenters. The number of hydrogen-bond donors (Lipinski definition) is 1. The summed E-state index contributed by atoms with van der Waals surface area (Å²) in [5.74, 6) is 0.0893. The minimum absolute atomic E-state index is 0.257. The van der Waals surface area contributed by atoms with E-state index in [2.05, 4.69) is 10.1 Å². The Morgan fingerprint density at radius 2 is 2.17 bits per heavy atom. The van der Waals surface area contributed by atoms with Crippen molar-refractivity contribution < 1.29 is 13.7 Å². The van der Waals surface area contributed by atoms with Crippen LogP contribution in [0.25, 0.3) is 11.5 Å². The normalized spacial score (nSPS) is 12.3. The van der Waals surface area contributed by atoms with E-state index in [1.165, 1.54) is 6.07 Å².